The van der Waals surface area contributed by atoms with Gasteiger partial charge in [-0.3, -0.25) is 4.79 Å². The van der Waals surface area contributed by atoms with Crippen LogP contribution in [-0.4, -0.2) is 35.6 Å². The predicted molar refractivity (Wildman–Crippen MR) is 77.4 cm³/mol. The van der Waals surface area contributed by atoms with Gasteiger partial charge in [-0.25, -0.2) is 4.98 Å². The number of hydrogen-bond donors (Lipinski definition) is 2. The standard InChI is InChI=1S/C11H20N4O.2ClH/c1-10(8-12-2)11(16)14-4-3-6-15-7-5-13-9-15;;/h5,7,9-10,12H,3-4,6,8H2,1-2H3,(H,14,16);2*1H. The molecule has 1 aromatic heterocycles. The van der Waals surface area contributed by atoms with E-state index in [1.807, 2.05) is 24.7 Å². The second-order valence-corrected chi connectivity index (χ2v) is 3.90. The molecule has 7 heteroatoms. The number of carbonyl (C=O) groups excluding carboxylic acids is 1. The van der Waals surface area contributed by atoms with Crippen LogP contribution in [0.4, 0.5) is 0 Å². The fraction of sp³-hybridized carbons (Fsp3) is 0.636. The van der Waals surface area contributed by atoms with Crippen LogP contribution in [0.15, 0.2) is 18.7 Å². The van der Waals surface area contributed by atoms with Crippen molar-refractivity contribution in [3.63, 3.8) is 0 Å². The zero-order valence-electron chi connectivity index (χ0n) is 10.8. The van der Waals surface area contributed by atoms with Crippen molar-refractivity contribution in [1.82, 2.24) is 20.2 Å². The van der Waals surface area contributed by atoms with Crippen molar-refractivity contribution < 1.29 is 4.79 Å². The second-order valence-electron chi connectivity index (χ2n) is 3.90. The highest BCUT2D eigenvalue weighted by atomic mass is 35.5. The summed E-state index contributed by atoms with van der Waals surface area (Å²) in [6.45, 7) is 4.24. The number of amides is 1. The van der Waals surface area contributed by atoms with Gasteiger partial charge in [0, 0.05) is 37.9 Å². The number of imidazole rings is 1. The second kappa shape index (κ2) is 11.3. The van der Waals surface area contributed by atoms with Crippen molar-refractivity contribution in [2.45, 2.75) is 19.9 Å². The van der Waals surface area contributed by atoms with Gasteiger partial charge in [0.25, 0.3) is 0 Å². The normalized spacial score (nSPS) is 11.0. The third-order valence-corrected chi connectivity index (χ3v) is 2.41. The molecule has 1 amide bonds. The summed E-state index contributed by atoms with van der Waals surface area (Å²) in [4.78, 5) is 15.5. The molecule has 0 aliphatic heterocycles. The molecule has 106 valence electrons. The van der Waals surface area contributed by atoms with Gasteiger partial charge in [0.05, 0.1) is 6.33 Å². The summed E-state index contributed by atoms with van der Waals surface area (Å²) in [7, 11) is 1.85. The van der Waals surface area contributed by atoms with Crippen LogP contribution in [0.3, 0.4) is 0 Å². The number of hydrogen-bond acceptors (Lipinski definition) is 3. The Morgan fingerprint density at radius 1 is 1.44 bits per heavy atom. The lowest BCUT2D eigenvalue weighted by molar-refractivity contribution is -0.124. The Hall–Kier alpha value is -0.780. The third-order valence-electron chi connectivity index (χ3n) is 2.41. The average molecular weight is 297 g/mol. The van der Waals surface area contributed by atoms with Crippen LogP contribution in [0, 0.1) is 5.92 Å². The Bertz CT molecular complexity index is 306. The lowest BCUT2D eigenvalue weighted by Gasteiger charge is -2.11. The molecule has 0 aliphatic rings. The number of aromatic nitrogens is 2. The molecule has 0 spiro atoms. The molecule has 0 saturated carbocycles. The maximum Gasteiger partial charge on any atom is 0.224 e. The van der Waals surface area contributed by atoms with E-state index >= 15 is 0 Å². The molecule has 0 bridgehead atoms. The summed E-state index contributed by atoms with van der Waals surface area (Å²) in [5, 5.41) is 5.90. The SMILES string of the molecule is CNCC(C)C(=O)NCCCn1ccnc1.Cl.Cl. The van der Waals surface area contributed by atoms with Gasteiger partial charge < -0.3 is 15.2 Å². The fourth-order valence-electron chi connectivity index (χ4n) is 1.47. The van der Waals surface area contributed by atoms with Crippen LogP contribution >= 0.6 is 24.8 Å². The smallest absolute Gasteiger partial charge is 0.224 e. The van der Waals surface area contributed by atoms with Gasteiger partial charge in [-0.2, -0.15) is 0 Å². The molecule has 0 radical (unpaired) electrons. The van der Waals surface area contributed by atoms with Gasteiger partial charge in [0.2, 0.25) is 5.91 Å². The van der Waals surface area contributed by atoms with E-state index in [0.29, 0.717) is 13.1 Å². The van der Waals surface area contributed by atoms with Crippen molar-refractivity contribution in [1.29, 1.82) is 0 Å². The van der Waals surface area contributed by atoms with E-state index in [4.69, 9.17) is 0 Å². The molecule has 1 unspecified atom stereocenters. The summed E-state index contributed by atoms with van der Waals surface area (Å²) in [6.07, 6.45) is 6.39. The van der Waals surface area contributed by atoms with E-state index in [1.165, 1.54) is 0 Å². The first-order chi connectivity index (χ1) is 7.74. The van der Waals surface area contributed by atoms with Gasteiger partial charge in [-0.15, -0.1) is 24.8 Å². The maximum absolute atomic E-state index is 11.5. The van der Waals surface area contributed by atoms with E-state index in [1.54, 1.807) is 12.5 Å². The van der Waals surface area contributed by atoms with Crippen molar-refractivity contribution >= 4 is 30.7 Å². The minimum atomic E-state index is 0. The topological polar surface area (TPSA) is 59.0 Å². The zero-order chi connectivity index (χ0) is 11.8. The van der Waals surface area contributed by atoms with Crippen LogP contribution in [-0.2, 0) is 11.3 Å². The Morgan fingerprint density at radius 3 is 2.72 bits per heavy atom. The summed E-state index contributed by atoms with van der Waals surface area (Å²) in [5.41, 5.74) is 0. The Balaban J connectivity index is 0. The van der Waals surface area contributed by atoms with Crippen LogP contribution in [0.5, 0.6) is 0 Å². The largest absolute Gasteiger partial charge is 0.356 e. The van der Waals surface area contributed by atoms with Crippen LogP contribution in [0.2, 0.25) is 0 Å². The van der Waals surface area contributed by atoms with Gasteiger partial charge in [0.1, 0.15) is 0 Å². The highest BCUT2D eigenvalue weighted by Crippen LogP contribution is 1.93. The highest BCUT2D eigenvalue weighted by Gasteiger charge is 2.10. The number of nitrogens with one attached hydrogen (secondary N) is 2. The minimum absolute atomic E-state index is 0. The molecule has 0 saturated heterocycles. The first-order valence-corrected chi connectivity index (χ1v) is 5.62. The van der Waals surface area contributed by atoms with Gasteiger partial charge in [0.15, 0.2) is 0 Å². The van der Waals surface area contributed by atoms with E-state index in [2.05, 4.69) is 15.6 Å². The quantitative estimate of drug-likeness (QED) is 0.741. The molecule has 1 rings (SSSR count). The average Bonchev–Trinajstić information content (AvgIpc) is 2.77. The molecule has 5 nitrogen and oxygen atoms in total. The van der Waals surface area contributed by atoms with Gasteiger partial charge in [-0.1, -0.05) is 6.92 Å². The van der Waals surface area contributed by atoms with Crippen LogP contribution in [0.25, 0.3) is 0 Å². The van der Waals surface area contributed by atoms with Gasteiger partial charge in [-0.05, 0) is 13.5 Å². The molecule has 2 N–H and O–H groups in total. The summed E-state index contributed by atoms with van der Waals surface area (Å²) < 4.78 is 2.00. The summed E-state index contributed by atoms with van der Waals surface area (Å²) >= 11 is 0. The fourth-order valence-corrected chi connectivity index (χ4v) is 1.47. The van der Waals surface area contributed by atoms with Gasteiger partial charge >= 0.3 is 0 Å². The first-order valence-electron chi connectivity index (χ1n) is 5.62. The van der Waals surface area contributed by atoms with Crippen LogP contribution in [0.1, 0.15) is 13.3 Å². The monoisotopic (exact) mass is 296 g/mol. The Labute approximate surface area is 121 Å². The molecule has 0 aromatic carbocycles. The summed E-state index contributed by atoms with van der Waals surface area (Å²) in [6, 6.07) is 0. The van der Waals surface area contributed by atoms with Crippen molar-refractivity contribution in [3.05, 3.63) is 18.7 Å². The predicted octanol–water partition coefficient (Wildman–Crippen LogP) is 1.09. The number of halogens is 2. The molecule has 1 heterocycles. The highest BCUT2D eigenvalue weighted by molar-refractivity contribution is 5.85. The zero-order valence-corrected chi connectivity index (χ0v) is 12.4. The minimum Gasteiger partial charge on any atom is -0.356 e. The number of nitrogens with zero attached hydrogens (tertiary/aromatic N) is 2. The molecule has 1 aromatic rings. The molecular weight excluding hydrogens is 275 g/mol. The lowest BCUT2D eigenvalue weighted by Crippen LogP contribution is -2.35. The Kier molecular flexibility index (Phi) is 12.3. The van der Waals surface area contributed by atoms with E-state index in [0.717, 1.165) is 13.0 Å². The molecule has 1 atom stereocenters. The summed E-state index contributed by atoms with van der Waals surface area (Å²) in [5.74, 6) is 0.137. The molecule has 0 fully saturated rings. The van der Waals surface area contributed by atoms with Crippen molar-refractivity contribution in [2.75, 3.05) is 20.1 Å². The van der Waals surface area contributed by atoms with Crippen molar-refractivity contribution in [2.24, 2.45) is 5.92 Å². The lowest BCUT2D eigenvalue weighted by atomic mass is 10.1. The van der Waals surface area contributed by atoms with E-state index in [9.17, 15) is 4.79 Å². The van der Waals surface area contributed by atoms with Crippen molar-refractivity contribution in [3.8, 4) is 0 Å². The number of rotatable bonds is 7. The first kappa shape index (κ1) is 19.6. The number of carbonyl (C=O) groups is 1. The third kappa shape index (κ3) is 7.53. The number of aryl methyl sites for hydroxylation is 1. The molecular formula is C11H22Cl2N4O. The van der Waals surface area contributed by atoms with E-state index < -0.39 is 0 Å². The van der Waals surface area contributed by atoms with Crippen LogP contribution < -0.4 is 10.6 Å². The molecule has 0 aliphatic carbocycles. The molecule has 18 heavy (non-hydrogen) atoms. The van der Waals surface area contributed by atoms with E-state index in [-0.39, 0.29) is 36.6 Å². The maximum atomic E-state index is 11.5. The Morgan fingerprint density at radius 2 is 2.17 bits per heavy atom.